The number of phosphoric acid groups is 4. The van der Waals surface area contributed by atoms with Crippen molar-refractivity contribution in [1.82, 2.24) is 39.0 Å². The van der Waals surface area contributed by atoms with Crippen LogP contribution in [0.1, 0.15) is 12.5 Å². The zero-order valence-electron chi connectivity index (χ0n) is 32.0. The molecule has 6 heterocycles. The number of hydrogen-bond donors (Lipinski definition) is 6. The molecule has 2 aliphatic rings. The molecule has 0 amide bonds. The molecule has 2 saturated heterocycles. The summed E-state index contributed by atoms with van der Waals surface area (Å²) >= 11 is 1.12. The van der Waals surface area contributed by atoms with E-state index in [9.17, 15) is 58.3 Å². The molecule has 6 rings (SSSR count). The zero-order chi connectivity index (χ0) is 41.0. The number of rotatable bonds is 16. The number of nitrogen functional groups attached to an aromatic ring is 1. The third kappa shape index (κ3) is 13.3. The number of aromatic nitrogens is 8. The molecule has 0 bridgehead atoms. The monoisotopic (exact) mass is 984 g/mol. The van der Waals surface area contributed by atoms with Gasteiger partial charge < -0.3 is 69.6 Å². The minimum atomic E-state index is -6.60. The Balaban J connectivity index is 0.00000310. The van der Waals surface area contributed by atoms with E-state index in [0.29, 0.717) is 5.82 Å². The van der Waals surface area contributed by atoms with Crippen LogP contribution in [0, 0.1) is 0 Å². The number of ether oxygens (including phenoxy) is 2. The van der Waals surface area contributed by atoms with Crippen molar-refractivity contribution in [3.63, 3.8) is 0 Å². The Morgan fingerprint density at radius 1 is 0.717 bits per heavy atom. The van der Waals surface area contributed by atoms with Crippen molar-refractivity contribution < 1.29 is 208 Å². The first-order chi connectivity index (χ1) is 26.1. The number of thioether (sulfide) groups is 1. The predicted molar refractivity (Wildman–Crippen MR) is 174 cm³/mol. The molecule has 0 aromatic carbocycles. The minimum absolute atomic E-state index is 0. The molecule has 38 heteroatoms. The van der Waals surface area contributed by atoms with Gasteiger partial charge in [0, 0.05) is 7.05 Å². The molecular weight excluding hydrogens is 956 g/mol. The van der Waals surface area contributed by atoms with Crippen LogP contribution >= 0.6 is 43.1 Å². The largest absolute Gasteiger partial charge is 1.00 e. The first-order valence-corrected chi connectivity index (χ1v) is 22.3. The summed E-state index contributed by atoms with van der Waals surface area (Å²) in [7, 11) is -23.9. The number of hydrogen-bond acceptors (Lipinski definition) is 28. The number of phosphoric ester groups is 2. The Morgan fingerprint density at radius 3 is 1.63 bits per heavy atom. The van der Waals surface area contributed by atoms with Crippen LogP contribution in [-0.2, 0) is 49.7 Å². The first kappa shape index (κ1) is 57.5. The molecule has 4 aromatic heterocycles. The number of nitrogens with zero attached hydrogens (tertiary/aromatic N) is 8. The molecule has 60 heavy (non-hydrogen) atoms. The van der Waals surface area contributed by atoms with Crippen LogP contribution in [-0.4, -0.2) is 123 Å². The average molecular weight is 984 g/mol. The molecular formula is C22H28N10Na4O19P4S. The topological polar surface area (TPSA) is 431 Å². The van der Waals surface area contributed by atoms with Gasteiger partial charge in [0.25, 0.3) is 31.3 Å². The molecule has 0 radical (unpaired) electrons. The van der Waals surface area contributed by atoms with E-state index in [1.807, 2.05) is 0 Å². The molecule has 12 atom stereocenters. The Labute approximate surface area is 429 Å². The molecule has 0 aliphatic carbocycles. The molecule has 4 aromatic rings. The van der Waals surface area contributed by atoms with Crippen molar-refractivity contribution in [3.05, 3.63) is 19.0 Å². The predicted octanol–water partition coefficient (Wildman–Crippen LogP) is -15.8. The Morgan fingerprint density at radius 2 is 1.17 bits per heavy atom. The third-order valence-corrected chi connectivity index (χ3v) is 14.1. The molecule has 0 spiro atoms. The van der Waals surface area contributed by atoms with Crippen molar-refractivity contribution in [1.29, 1.82) is 0 Å². The number of nitrogens with one attached hydrogen (secondary N) is 1. The summed E-state index contributed by atoms with van der Waals surface area (Å²) in [6.07, 6.45) is -8.35. The second-order valence-electron chi connectivity index (χ2n) is 11.4. The van der Waals surface area contributed by atoms with Gasteiger partial charge in [-0.1, -0.05) is 11.8 Å². The summed E-state index contributed by atoms with van der Waals surface area (Å²) in [5, 5.41) is 45.0. The zero-order valence-corrected chi connectivity index (χ0v) is 44.4. The smallest absolute Gasteiger partial charge is 0.756 e. The van der Waals surface area contributed by atoms with E-state index < -0.39 is 93.6 Å². The Hall–Kier alpha value is 1.37. The fraction of sp³-hybridized carbons (Fsp3) is 0.545. The summed E-state index contributed by atoms with van der Waals surface area (Å²) in [5.41, 5.74) is 6.41. The first-order valence-electron chi connectivity index (χ1n) is 15.2. The van der Waals surface area contributed by atoms with Gasteiger partial charge in [0.05, 0.1) is 25.9 Å². The van der Waals surface area contributed by atoms with E-state index in [2.05, 4.69) is 57.2 Å². The van der Waals surface area contributed by atoms with Gasteiger partial charge in [-0.3, -0.25) is 27.4 Å². The molecule has 2 fully saturated rings. The molecule has 310 valence electrons. The Bertz CT molecular complexity index is 2310. The van der Waals surface area contributed by atoms with Crippen LogP contribution in [0.3, 0.4) is 0 Å². The quantitative estimate of drug-likeness (QED) is 0.0263. The minimum Gasteiger partial charge on any atom is -0.756 e. The molecule has 2 aliphatic heterocycles. The van der Waals surface area contributed by atoms with Crippen LogP contribution in [0.2, 0.25) is 0 Å². The molecule has 7 N–H and O–H groups in total. The number of aliphatic hydroxyl groups is 4. The van der Waals surface area contributed by atoms with E-state index in [1.165, 1.54) is 10.9 Å². The van der Waals surface area contributed by atoms with Gasteiger partial charge in [0.15, 0.2) is 40.5 Å². The second-order valence-corrected chi connectivity index (χ2v) is 18.3. The normalized spacial score (nSPS) is 27.9. The van der Waals surface area contributed by atoms with Crippen molar-refractivity contribution >= 4 is 77.0 Å². The maximum absolute atomic E-state index is 12.3. The van der Waals surface area contributed by atoms with Crippen LogP contribution in [0.25, 0.3) is 22.3 Å². The van der Waals surface area contributed by atoms with Gasteiger partial charge in [-0.05, 0) is 6.26 Å². The van der Waals surface area contributed by atoms with Crippen molar-refractivity contribution in [2.45, 2.75) is 54.2 Å². The van der Waals surface area contributed by atoms with Gasteiger partial charge in [0.2, 0.25) is 0 Å². The molecule has 29 nitrogen and oxygen atoms in total. The van der Waals surface area contributed by atoms with Gasteiger partial charge in [-0.25, -0.2) is 42.8 Å². The van der Waals surface area contributed by atoms with E-state index in [1.54, 1.807) is 13.3 Å². The number of fused-ring (bicyclic) bond motifs is 2. The van der Waals surface area contributed by atoms with Crippen LogP contribution in [0.5, 0.6) is 0 Å². The van der Waals surface area contributed by atoms with E-state index in [4.69, 9.17) is 15.2 Å². The SMILES string of the molecule is CNc1ncnc2c1ncn2[C@@H]1O[C@H](COP(=O)([O-])OP(=O)([O-])OP(=O)([O-])OP(=O)([O-])OC[C@H]2O[C@@H](n3cnc4c(N)nc(SC)nc43)[C@H](O)[C@@H]2O)[C@@H](O)[C@H]1O.[Na+].[Na+].[Na+].[Na+]. The van der Waals surface area contributed by atoms with Crippen molar-refractivity contribution in [2.24, 2.45) is 0 Å². The van der Waals surface area contributed by atoms with Gasteiger partial charge in [-0.15, -0.1) is 0 Å². The fourth-order valence-corrected chi connectivity index (χ4v) is 10.5. The van der Waals surface area contributed by atoms with E-state index >= 15 is 0 Å². The summed E-state index contributed by atoms with van der Waals surface area (Å²) < 4.78 is 81.9. The number of nitrogens with two attached hydrogens (primary N) is 1. The summed E-state index contributed by atoms with van der Waals surface area (Å²) in [6, 6.07) is 0. The second kappa shape index (κ2) is 22.9. The van der Waals surface area contributed by atoms with Crippen LogP contribution in [0.15, 0.2) is 24.1 Å². The van der Waals surface area contributed by atoms with Gasteiger partial charge in [-0.2, -0.15) is 0 Å². The number of imidazole rings is 2. The van der Waals surface area contributed by atoms with Crippen LogP contribution < -0.4 is 149 Å². The van der Waals surface area contributed by atoms with Gasteiger partial charge in [0.1, 0.15) is 54.0 Å². The standard InChI is InChI=1S/C22H32N10O19P4S.4Na/c1-24-17-11-18(26-5-25-17)31(7-28-11)20-14(35)12(33)8(47-20)3-45-52(37,38)49-54(41,42)51-55(43,44)50-53(39,40)46-4-9-13(34)15(36)21(48-9)32-6-27-10-16(23)29-22(56-2)30-19(10)32;;;;/h5-9,12-15,20-21,33-36H,3-4H2,1-2H3,(H,37,38)(H,39,40)(H,41,42)(H,43,44)(H2,23,29,30)(H,24,25,26);;;;/q;4*+1/p-4/t8-,9-,12-,13-,14-,15-,20-,21-;;;;/m1..../s1. The van der Waals surface area contributed by atoms with Gasteiger partial charge >= 0.3 is 118 Å². The van der Waals surface area contributed by atoms with Crippen LogP contribution in [0.4, 0.5) is 11.6 Å². The van der Waals surface area contributed by atoms with Crippen molar-refractivity contribution in [3.8, 4) is 0 Å². The molecule has 4 unspecified atom stereocenters. The Kier molecular flexibility index (Phi) is 22.0. The third-order valence-electron chi connectivity index (χ3n) is 7.82. The van der Waals surface area contributed by atoms with E-state index in [-0.39, 0.29) is 152 Å². The fourth-order valence-electron chi connectivity index (χ4n) is 5.38. The maximum Gasteiger partial charge on any atom is 1.00 e. The van der Waals surface area contributed by atoms with Crippen molar-refractivity contribution in [2.75, 3.05) is 37.6 Å². The van der Waals surface area contributed by atoms with E-state index in [0.717, 1.165) is 29.0 Å². The molecule has 0 saturated carbocycles. The summed E-state index contributed by atoms with van der Waals surface area (Å²) in [6.45, 7) is -2.44. The number of aliphatic hydroxyl groups excluding tert-OH is 4. The average Bonchev–Trinajstić information content (AvgIpc) is 3.86. The maximum atomic E-state index is 12.3. The summed E-state index contributed by atoms with van der Waals surface area (Å²) in [5.74, 6) is 0.280. The summed E-state index contributed by atoms with van der Waals surface area (Å²) in [4.78, 5) is 73.3. The number of anilines is 2.